The average Bonchev–Trinajstić information content (AvgIpc) is 2.76. The molecule has 1 atom stereocenters. The number of halogens is 1. The summed E-state index contributed by atoms with van der Waals surface area (Å²) in [6.45, 7) is 2.68. The Morgan fingerprint density at radius 1 is 1.21 bits per heavy atom. The summed E-state index contributed by atoms with van der Waals surface area (Å²) in [5.41, 5.74) is 1.17. The Bertz CT molecular complexity index is 563. The Hall–Kier alpha value is -0.680. The molecule has 0 aliphatic carbocycles. The van der Waals surface area contributed by atoms with Gasteiger partial charge < -0.3 is 10.0 Å². The quantitative estimate of drug-likeness (QED) is 0.914. The van der Waals surface area contributed by atoms with E-state index in [-0.39, 0.29) is 0 Å². The zero-order valence-corrected chi connectivity index (χ0v) is 13.8. The fraction of sp³-hybridized carbons (Fsp3) is 0.333. The van der Waals surface area contributed by atoms with Crippen LogP contribution < -0.4 is 0 Å². The molecule has 2 aromatic rings. The molecule has 0 bridgehead atoms. The topological polar surface area (TPSA) is 23.5 Å². The first-order chi connectivity index (χ1) is 8.91. The minimum absolute atomic E-state index is 0.818. The number of rotatable bonds is 4. The average molecular weight is 340 g/mol. The van der Waals surface area contributed by atoms with Crippen molar-refractivity contribution in [2.24, 2.45) is 0 Å². The maximum absolute atomic E-state index is 10.9. The summed E-state index contributed by atoms with van der Waals surface area (Å²) in [5, 5.41) is 10.9. The van der Waals surface area contributed by atoms with Crippen molar-refractivity contribution in [3.05, 3.63) is 56.2 Å². The highest BCUT2D eigenvalue weighted by atomic mass is 79.9. The molecule has 4 heteroatoms. The van der Waals surface area contributed by atoms with Gasteiger partial charge in [0, 0.05) is 11.4 Å². The highest BCUT2D eigenvalue weighted by Crippen LogP contribution is 2.37. The summed E-state index contributed by atoms with van der Waals surface area (Å²) in [4.78, 5) is 3.06. The number of aliphatic hydroxyl groups is 1. The first-order valence-corrected chi connectivity index (χ1v) is 7.73. The molecule has 102 valence electrons. The molecule has 1 aromatic carbocycles. The number of nitrogens with zero attached hydrogens (tertiary/aromatic N) is 1. The summed E-state index contributed by atoms with van der Waals surface area (Å²) >= 11 is 5.03. The molecule has 0 radical (unpaired) electrons. The Kier molecular flexibility index (Phi) is 4.46. The molecule has 1 unspecified atom stereocenters. The van der Waals surface area contributed by atoms with Crippen LogP contribution in [0.15, 0.2) is 40.2 Å². The molecule has 2 rings (SSSR count). The Morgan fingerprint density at radius 2 is 1.89 bits per heavy atom. The molecule has 0 aliphatic rings. The first kappa shape index (κ1) is 14.7. The second-order valence-electron chi connectivity index (χ2n) is 5.07. The monoisotopic (exact) mass is 339 g/mol. The van der Waals surface area contributed by atoms with Crippen molar-refractivity contribution in [1.82, 2.24) is 4.90 Å². The van der Waals surface area contributed by atoms with E-state index in [0.29, 0.717) is 0 Å². The van der Waals surface area contributed by atoms with Crippen LogP contribution in [0.2, 0.25) is 0 Å². The molecule has 1 N–H and O–H groups in total. The standard InChI is InChI=1S/C15H18BrNOS/c1-15(18,13-8-9-14(16)19-13)12-7-5-4-6-11(12)10-17(2)3/h4-9,18H,10H2,1-3H3. The van der Waals surface area contributed by atoms with Crippen LogP contribution in [0.3, 0.4) is 0 Å². The zero-order valence-electron chi connectivity index (χ0n) is 11.4. The molecular weight excluding hydrogens is 322 g/mol. The van der Waals surface area contributed by atoms with Crippen molar-refractivity contribution in [3.63, 3.8) is 0 Å². The van der Waals surface area contributed by atoms with Crippen LogP contribution in [0, 0.1) is 0 Å². The fourth-order valence-electron chi connectivity index (χ4n) is 2.18. The van der Waals surface area contributed by atoms with E-state index in [1.807, 2.05) is 51.4 Å². The third-order valence-electron chi connectivity index (χ3n) is 3.08. The SMILES string of the molecule is CN(C)Cc1ccccc1C(C)(O)c1ccc(Br)s1. The Balaban J connectivity index is 2.45. The molecule has 0 aliphatic heterocycles. The lowest BCUT2D eigenvalue weighted by Crippen LogP contribution is -2.25. The van der Waals surface area contributed by atoms with Crippen molar-refractivity contribution >= 4 is 27.3 Å². The van der Waals surface area contributed by atoms with Gasteiger partial charge in [0.15, 0.2) is 0 Å². The maximum atomic E-state index is 10.9. The molecule has 0 amide bonds. The van der Waals surface area contributed by atoms with Gasteiger partial charge in [0.2, 0.25) is 0 Å². The van der Waals surface area contributed by atoms with E-state index < -0.39 is 5.60 Å². The summed E-state index contributed by atoms with van der Waals surface area (Å²) in [6.07, 6.45) is 0. The molecule has 19 heavy (non-hydrogen) atoms. The van der Waals surface area contributed by atoms with Crippen LogP contribution in [0.4, 0.5) is 0 Å². The molecule has 1 aromatic heterocycles. The largest absolute Gasteiger partial charge is 0.380 e. The molecule has 1 heterocycles. The van der Waals surface area contributed by atoms with Gasteiger partial charge in [0.1, 0.15) is 5.60 Å². The number of benzene rings is 1. The predicted octanol–water partition coefficient (Wildman–Crippen LogP) is 3.83. The van der Waals surface area contributed by atoms with Crippen LogP contribution in [-0.4, -0.2) is 24.1 Å². The van der Waals surface area contributed by atoms with Gasteiger partial charge in [-0.2, -0.15) is 0 Å². The van der Waals surface area contributed by atoms with E-state index in [9.17, 15) is 5.11 Å². The van der Waals surface area contributed by atoms with E-state index in [1.165, 1.54) is 0 Å². The van der Waals surface area contributed by atoms with Gasteiger partial charge in [0.05, 0.1) is 3.79 Å². The van der Waals surface area contributed by atoms with Gasteiger partial charge in [-0.15, -0.1) is 11.3 Å². The van der Waals surface area contributed by atoms with Crippen molar-refractivity contribution in [1.29, 1.82) is 0 Å². The smallest absolute Gasteiger partial charge is 0.121 e. The lowest BCUT2D eigenvalue weighted by atomic mass is 9.90. The van der Waals surface area contributed by atoms with Gasteiger partial charge in [-0.3, -0.25) is 0 Å². The molecular formula is C15H18BrNOS. The third kappa shape index (κ3) is 3.26. The minimum atomic E-state index is -0.955. The van der Waals surface area contributed by atoms with Gasteiger partial charge in [-0.05, 0) is 60.2 Å². The predicted molar refractivity (Wildman–Crippen MR) is 84.5 cm³/mol. The van der Waals surface area contributed by atoms with Gasteiger partial charge in [-0.25, -0.2) is 0 Å². The van der Waals surface area contributed by atoms with Gasteiger partial charge in [-0.1, -0.05) is 24.3 Å². The Morgan fingerprint density at radius 3 is 2.47 bits per heavy atom. The van der Waals surface area contributed by atoms with E-state index in [2.05, 4.69) is 26.9 Å². The summed E-state index contributed by atoms with van der Waals surface area (Å²) < 4.78 is 1.04. The van der Waals surface area contributed by atoms with Crippen molar-refractivity contribution in [3.8, 4) is 0 Å². The van der Waals surface area contributed by atoms with Crippen LogP contribution in [0.5, 0.6) is 0 Å². The van der Waals surface area contributed by atoms with E-state index >= 15 is 0 Å². The van der Waals surface area contributed by atoms with E-state index in [4.69, 9.17) is 0 Å². The molecule has 0 spiro atoms. The molecule has 0 saturated heterocycles. The lowest BCUT2D eigenvalue weighted by molar-refractivity contribution is 0.104. The van der Waals surface area contributed by atoms with Gasteiger partial charge in [0.25, 0.3) is 0 Å². The minimum Gasteiger partial charge on any atom is -0.380 e. The lowest BCUT2D eigenvalue weighted by Gasteiger charge is -2.26. The van der Waals surface area contributed by atoms with Gasteiger partial charge >= 0.3 is 0 Å². The van der Waals surface area contributed by atoms with Crippen molar-refractivity contribution < 1.29 is 5.11 Å². The number of thiophene rings is 1. The first-order valence-electron chi connectivity index (χ1n) is 6.12. The highest BCUT2D eigenvalue weighted by molar-refractivity contribution is 9.11. The summed E-state index contributed by atoms with van der Waals surface area (Å²) in [5.74, 6) is 0. The van der Waals surface area contributed by atoms with E-state index in [0.717, 1.165) is 26.3 Å². The van der Waals surface area contributed by atoms with Crippen LogP contribution in [-0.2, 0) is 12.1 Å². The Labute approximate surface area is 126 Å². The summed E-state index contributed by atoms with van der Waals surface area (Å²) in [7, 11) is 4.07. The molecule has 2 nitrogen and oxygen atoms in total. The van der Waals surface area contributed by atoms with Crippen LogP contribution in [0.25, 0.3) is 0 Å². The fourth-order valence-corrected chi connectivity index (χ4v) is 3.63. The van der Waals surface area contributed by atoms with Crippen LogP contribution >= 0.6 is 27.3 Å². The molecule has 0 fully saturated rings. The molecule has 0 saturated carbocycles. The number of hydrogen-bond donors (Lipinski definition) is 1. The second kappa shape index (κ2) is 5.75. The van der Waals surface area contributed by atoms with Crippen molar-refractivity contribution in [2.75, 3.05) is 14.1 Å². The van der Waals surface area contributed by atoms with Crippen LogP contribution in [0.1, 0.15) is 22.9 Å². The normalized spacial score (nSPS) is 14.6. The van der Waals surface area contributed by atoms with Crippen molar-refractivity contribution in [2.45, 2.75) is 19.1 Å². The zero-order chi connectivity index (χ0) is 14.0. The summed E-state index contributed by atoms with van der Waals surface area (Å²) in [6, 6.07) is 12.0. The number of hydrogen-bond acceptors (Lipinski definition) is 3. The highest BCUT2D eigenvalue weighted by Gasteiger charge is 2.29. The maximum Gasteiger partial charge on any atom is 0.121 e. The second-order valence-corrected chi connectivity index (χ2v) is 7.53. The van der Waals surface area contributed by atoms with E-state index in [1.54, 1.807) is 11.3 Å². The third-order valence-corrected chi connectivity index (χ3v) is 4.92.